The Morgan fingerprint density at radius 2 is 1.71 bits per heavy atom. The SMILES string of the molecule is Cc1ccc(Oc2ccc([B]O)cc2)cc1F. The molecule has 0 spiro atoms. The number of aryl methyl sites for hydroxylation is 1. The summed E-state index contributed by atoms with van der Waals surface area (Å²) in [6.07, 6.45) is 0. The zero-order valence-corrected chi connectivity index (χ0v) is 9.35. The Kier molecular flexibility index (Phi) is 3.45. The fraction of sp³-hybridized carbons (Fsp3) is 0.0769. The number of hydrogen-bond donors (Lipinski definition) is 1. The summed E-state index contributed by atoms with van der Waals surface area (Å²) in [5.41, 5.74) is 1.27. The molecular formula is C13H11BFO2. The largest absolute Gasteiger partial charge is 0.457 e. The lowest BCUT2D eigenvalue weighted by Gasteiger charge is -2.07. The lowest BCUT2D eigenvalue weighted by molar-refractivity contribution is 0.476. The number of halogens is 1. The summed E-state index contributed by atoms with van der Waals surface area (Å²) in [7, 11) is 1.01. The first-order chi connectivity index (χ1) is 8.19. The zero-order valence-electron chi connectivity index (χ0n) is 9.35. The van der Waals surface area contributed by atoms with Gasteiger partial charge >= 0.3 is 7.48 Å². The lowest BCUT2D eigenvalue weighted by Crippen LogP contribution is -2.11. The maximum absolute atomic E-state index is 13.3. The van der Waals surface area contributed by atoms with Crippen LogP contribution in [0, 0.1) is 12.7 Å². The number of rotatable bonds is 3. The highest BCUT2D eigenvalue weighted by atomic mass is 19.1. The van der Waals surface area contributed by atoms with Crippen LogP contribution in [0.2, 0.25) is 0 Å². The van der Waals surface area contributed by atoms with Crippen molar-refractivity contribution in [1.29, 1.82) is 0 Å². The van der Waals surface area contributed by atoms with E-state index in [0.29, 0.717) is 22.5 Å². The average Bonchev–Trinajstić information content (AvgIpc) is 2.35. The second-order valence-electron chi connectivity index (χ2n) is 3.71. The number of hydrogen-bond acceptors (Lipinski definition) is 2. The van der Waals surface area contributed by atoms with Gasteiger partial charge in [-0.15, -0.1) is 0 Å². The lowest BCUT2D eigenvalue weighted by atomic mass is 9.89. The first-order valence-corrected chi connectivity index (χ1v) is 5.20. The molecule has 2 aromatic rings. The molecule has 17 heavy (non-hydrogen) atoms. The van der Waals surface area contributed by atoms with Gasteiger partial charge in [0, 0.05) is 6.07 Å². The van der Waals surface area contributed by atoms with E-state index in [1.807, 2.05) is 0 Å². The Balaban J connectivity index is 2.16. The molecule has 2 rings (SSSR count). The molecule has 0 saturated heterocycles. The van der Waals surface area contributed by atoms with Crippen LogP contribution in [0.15, 0.2) is 42.5 Å². The summed E-state index contributed by atoms with van der Waals surface area (Å²) in [6.45, 7) is 1.70. The van der Waals surface area contributed by atoms with Gasteiger partial charge < -0.3 is 9.76 Å². The molecule has 0 aliphatic carbocycles. The van der Waals surface area contributed by atoms with E-state index in [1.165, 1.54) is 6.07 Å². The van der Waals surface area contributed by atoms with Crippen LogP contribution in [-0.2, 0) is 0 Å². The normalized spacial score (nSPS) is 10.1. The van der Waals surface area contributed by atoms with Gasteiger partial charge in [0.15, 0.2) is 0 Å². The Labute approximate surface area is 99.9 Å². The first-order valence-electron chi connectivity index (χ1n) is 5.20. The maximum Gasteiger partial charge on any atom is 0.326 e. The van der Waals surface area contributed by atoms with E-state index in [2.05, 4.69) is 0 Å². The van der Waals surface area contributed by atoms with E-state index in [4.69, 9.17) is 9.76 Å². The van der Waals surface area contributed by atoms with Crippen molar-refractivity contribution in [2.45, 2.75) is 6.92 Å². The van der Waals surface area contributed by atoms with Gasteiger partial charge in [0.25, 0.3) is 0 Å². The molecule has 1 N–H and O–H groups in total. The quantitative estimate of drug-likeness (QED) is 0.817. The molecule has 0 bridgehead atoms. The van der Waals surface area contributed by atoms with Crippen LogP contribution in [0.5, 0.6) is 11.5 Å². The van der Waals surface area contributed by atoms with Crippen molar-refractivity contribution < 1.29 is 14.2 Å². The molecule has 0 aromatic heterocycles. The van der Waals surface area contributed by atoms with Crippen molar-refractivity contribution >= 4 is 12.9 Å². The van der Waals surface area contributed by atoms with E-state index in [0.717, 1.165) is 7.48 Å². The Morgan fingerprint density at radius 1 is 1.06 bits per heavy atom. The smallest absolute Gasteiger partial charge is 0.326 e. The van der Waals surface area contributed by atoms with Crippen molar-refractivity contribution in [2.75, 3.05) is 0 Å². The third-order valence-electron chi connectivity index (χ3n) is 2.41. The molecule has 4 heteroatoms. The van der Waals surface area contributed by atoms with Crippen LogP contribution >= 0.6 is 0 Å². The van der Waals surface area contributed by atoms with E-state index >= 15 is 0 Å². The van der Waals surface area contributed by atoms with Gasteiger partial charge in [-0.2, -0.15) is 0 Å². The van der Waals surface area contributed by atoms with Crippen molar-refractivity contribution in [1.82, 2.24) is 0 Å². The van der Waals surface area contributed by atoms with Crippen LogP contribution in [-0.4, -0.2) is 12.5 Å². The summed E-state index contributed by atoms with van der Waals surface area (Å²) in [4.78, 5) is 0. The Hall–Kier alpha value is -1.81. The molecule has 85 valence electrons. The van der Waals surface area contributed by atoms with Gasteiger partial charge in [0.2, 0.25) is 0 Å². The topological polar surface area (TPSA) is 29.5 Å². The minimum atomic E-state index is -0.289. The summed E-state index contributed by atoms with van der Waals surface area (Å²) in [5.74, 6) is 0.760. The average molecular weight is 229 g/mol. The summed E-state index contributed by atoms with van der Waals surface area (Å²) in [5, 5.41) is 8.77. The second-order valence-corrected chi connectivity index (χ2v) is 3.71. The van der Waals surface area contributed by atoms with Gasteiger partial charge in [-0.25, -0.2) is 4.39 Å². The third-order valence-corrected chi connectivity index (χ3v) is 2.41. The highest BCUT2D eigenvalue weighted by Gasteiger charge is 2.02. The predicted octanol–water partition coefficient (Wildman–Crippen LogP) is 2.16. The Bertz CT molecular complexity index is 511. The summed E-state index contributed by atoms with van der Waals surface area (Å²) < 4.78 is 18.8. The van der Waals surface area contributed by atoms with Gasteiger partial charge in [0.1, 0.15) is 17.3 Å². The molecule has 0 atom stereocenters. The van der Waals surface area contributed by atoms with Crippen molar-refractivity contribution in [3.63, 3.8) is 0 Å². The molecule has 0 aliphatic rings. The van der Waals surface area contributed by atoms with Crippen LogP contribution in [0.3, 0.4) is 0 Å². The van der Waals surface area contributed by atoms with E-state index < -0.39 is 0 Å². The molecule has 0 aliphatic heterocycles. The maximum atomic E-state index is 13.3. The molecule has 0 amide bonds. The summed E-state index contributed by atoms with van der Waals surface area (Å²) >= 11 is 0. The molecule has 0 heterocycles. The van der Waals surface area contributed by atoms with Crippen LogP contribution < -0.4 is 10.2 Å². The molecule has 0 unspecified atom stereocenters. The predicted molar refractivity (Wildman–Crippen MR) is 65.3 cm³/mol. The van der Waals surface area contributed by atoms with E-state index in [9.17, 15) is 4.39 Å². The number of ether oxygens (including phenoxy) is 1. The summed E-state index contributed by atoms with van der Waals surface area (Å²) in [6, 6.07) is 11.6. The van der Waals surface area contributed by atoms with Crippen LogP contribution in [0.4, 0.5) is 4.39 Å². The minimum Gasteiger partial charge on any atom is -0.457 e. The molecule has 1 radical (unpaired) electrons. The molecular weight excluding hydrogens is 218 g/mol. The Morgan fingerprint density at radius 3 is 2.29 bits per heavy atom. The highest BCUT2D eigenvalue weighted by molar-refractivity contribution is 6.45. The standard InChI is InChI=1S/C13H11BFO2/c1-9-2-5-12(8-13(9)15)17-11-6-3-10(14-16)4-7-11/h2-8,16H,1H3. The fourth-order valence-corrected chi connectivity index (χ4v) is 1.40. The van der Waals surface area contributed by atoms with Crippen molar-refractivity contribution in [3.05, 3.63) is 53.8 Å². The van der Waals surface area contributed by atoms with Gasteiger partial charge in [-0.1, -0.05) is 23.7 Å². The van der Waals surface area contributed by atoms with Gasteiger partial charge in [-0.3, -0.25) is 0 Å². The monoisotopic (exact) mass is 229 g/mol. The van der Waals surface area contributed by atoms with E-state index in [1.54, 1.807) is 43.3 Å². The second kappa shape index (κ2) is 5.02. The zero-order chi connectivity index (χ0) is 12.3. The first kappa shape index (κ1) is 11.7. The van der Waals surface area contributed by atoms with E-state index in [-0.39, 0.29) is 5.82 Å². The van der Waals surface area contributed by atoms with Crippen LogP contribution in [0.25, 0.3) is 0 Å². The third kappa shape index (κ3) is 2.85. The van der Waals surface area contributed by atoms with Crippen molar-refractivity contribution in [3.8, 4) is 11.5 Å². The highest BCUT2D eigenvalue weighted by Crippen LogP contribution is 2.22. The van der Waals surface area contributed by atoms with Crippen molar-refractivity contribution in [2.24, 2.45) is 0 Å². The minimum absolute atomic E-state index is 0.289. The molecule has 0 fully saturated rings. The molecule has 0 saturated carbocycles. The van der Waals surface area contributed by atoms with Crippen LogP contribution in [0.1, 0.15) is 5.56 Å². The molecule has 2 aromatic carbocycles. The van der Waals surface area contributed by atoms with Gasteiger partial charge in [-0.05, 0) is 30.7 Å². The number of benzene rings is 2. The fourth-order valence-electron chi connectivity index (χ4n) is 1.40. The molecule has 2 nitrogen and oxygen atoms in total. The van der Waals surface area contributed by atoms with Gasteiger partial charge in [0.05, 0.1) is 0 Å².